The van der Waals surface area contributed by atoms with Crippen LogP contribution in [0.4, 0.5) is 0 Å². The zero-order valence-electron chi connectivity index (χ0n) is 13.2. The zero-order chi connectivity index (χ0) is 16.8. The highest BCUT2D eigenvalue weighted by atomic mass is 79.9. The minimum absolute atomic E-state index is 0.589. The fourth-order valence-corrected chi connectivity index (χ4v) is 3.79. The van der Waals surface area contributed by atoms with Crippen molar-refractivity contribution in [1.82, 2.24) is 9.38 Å². The summed E-state index contributed by atoms with van der Waals surface area (Å²) < 4.78 is 8.93. The van der Waals surface area contributed by atoms with Crippen molar-refractivity contribution in [3.63, 3.8) is 0 Å². The molecule has 5 aromatic rings. The summed E-state index contributed by atoms with van der Waals surface area (Å²) in [6, 6.07) is 26.6. The first kappa shape index (κ1) is 14.5. The van der Waals surface area contributed by atoms with Crippen molar-refractivity contribution in [2.45, 2.75) is 0 Å². The van der Waals surface area contributed by atoms with Crippen molar-refractivity contribution < 1.29 is 4.42 Å². The van der Waals surface area contributed by atoms with Crippen LogP contribution in [0.1, 0.15) is 0 Å². The van der Waals surface area contributed by atoms with Crippen molar-refractivity contribution in [1.29, 1.82) is 0 Å². The third-order valence-electron chi connectivity index (χ3n) is 4.35. The van der Waals surface area contributed by atoms with Crippen LogP contribution in [0.5, 0.6) is 0 Å². The molecule has 0 aliphatic carbocycles. The van der Waals surface area contributed by atoms with Crippen molar-refractivity contribution in [2.24, 2.45) is 0 Å². The Labute approximate surface area is 152 Å². The number of benzene rings is 3. The van der Waals surface area contributed by atoms with Crippen molar-refractivity contribution in [3.05, 3.63) is 83.5 Å². The van der Waals surface area contributed by atoms with Gasteiger partial charge < -0.3 is 4.42 Å². The summed E-state index contributed by atoms with van der Waals surface area (Å²) in [6.45, 7) is 0. The van der Waals surface area contributed by atoms with E-state index in [9.17, 15) is 0 Å². The number of nitrogens with zero attached hydrogens (tertiary/aromatic N) is 2. The molecule has 5 rings (SSSR count). The quantitative estimate of drug-likeness (QED) is 0.361. The van der Waals surface area contributed by atoms with Gasteiger partial charge in [-0.1, -0.05) is 66.7 Å². The first-order valence-corrected chi connectivity index (χ1v) is 8.82. The van der Waals surface area contributed by atoms with Gasteiger partial charge in [0.1, 0.15) is 10.3 Å². The SMILES string of the molecule is Brc1c(-c2ccccc2)nc2oc3cc(-c4ccccc4)ccc3n12. The van der Waals surface area contributed by atoms with Crippen molar-refractivity contribution >= 4 is 32.9 Å². The molecular weight excluding hydrogens is 376 g/mol. The maximum absolute atomic E-state index is 6.02. The molecule has 0 unspecified atom stereocenters. The second kappa shape index (κ2) is 5.60. The molecule has 2 aromatic heterocycles. The van der Waals surface area contributed by atoms with Crippen LogP contribution in [-0.2, 0) is 0 Å². The molecule has 0 radical (unpaired) electrons. The molecule has 0 amide bonds. The number of hydrogen-bond acceptors (Lipinski definition) is 2. The van der Waals surface area contributed by atoms with Gasteiger partial charge in [0.05, 0.1) is 5.52 Å². The van der Waals surface area contributed by atoms with Gasteiger partial charge in [0, 0.05) is 5.56 Å². The van der Waals surface area contributed by atoms with E-state index in [1.165, 1.54) is 5.56 Å². The molecule has 0 fully saturated rings. The fourth-order valence-electron chi connectivity index (χ4n) is 3.13. The first-order valence-electron chi connectivity index (χ1n) is 8.02. The van der Waals surface area contributed by atoms with Crippen LogP contribution >= 0.6 is 15.9 Å². The standard InChI is InChI=1S/C21H13BrN2O/c22-20-19(15-9-5-2-6-10-15)23-21-24(20)17-12-11-16(13-18(17)25-21)14-7-3-1-4-8-14/h1-13H. The highest BCUT2D eigenvalue weighted by molar-refractivity contribution is 9.10. The summed E-state index contributed by atoms with van der Waals surface area (Å²) >= 11 is 3.69. The van der Waals surface area contributed by atoms with Gasteiger partial charge in [-0.15, -0.1) is 0 Å². The van der Waals surface area contributed by atoms with Gasteiger partial charge in [-0.25, -0.2) is 0 Å². The van der Waals surface area contributed by atoms with Crippen LogP contribution in [-0.4, -0.2) is 9.38 Å². The van der Waals surface area contributed by atoms with E-state index in [1.807, 2.05) is 52.9 Å². The Balaban J connectivity index is 1.71. The van der Waals surface area contributed by atoms with E-state index in [4.69, 9.17) is 4.42 Å². The Hall–Kier alpha value is -2.85. The molecule has 0 bridgehead atoms. The fraction of sp³-hybridized carbons (Fsp3) is 0. The lowest BCUT2D eigenvalue weighted by molar-refractivity contribution is 0.641. The molecule has 0 saturated carbocycles. The first-order chi connectivity index (χ1) is 12.3. The number of hydrogen-bond donors (Lipinski definition) is 0. The van der Waals surface area contributed by atoms with E-state index in [-0.39, 0.29) is 0 Å². The molecule has 3 nitrogen and oxygen atoms in total. The monoisotopic (exact) mass is 388 g/mol. The number of rotatable bonds is 2. The topological polar surface area (TPSA) is 30.4 Å². The van der Waals surface area contributed by atoms with Gasteiger partial charge in [-0.2, -0.15) is 4.98 Å². The van der Waals surface area contributed by atoms with Gasteiger partial charge in [0.25, 0.3) is 0 Å². The molecule has 0 spiro atoms. The summed E-state index contributed by atoms with van der Waals surface area (Å²) in [5.74, 6) is 0.589. The molecule has 120 valence electrons. The van der Waals surface area contributed by atoms with Gasteiger partial charge in [-0.3, -0.25) is 4.40 Å². The van der Waals surface area contributed by atoms with Gasteiger partial charge in [-0.05, 0) is 39.2 Å². The maximum Gasteiger partial charge on any atom is 0.308 e. The second-order valence-electron chi connectivity index (χ2n) is 5.89. The van der Waals surface area contributed by atoms with Gasteiger partial charge in [0.15, 0.2) is 5.58 Å². The van der Waals surface area contributed by atoms with Crippen LogP contribution in [0, 0.1) is 0 Å². The molecule has 3 aromatic carbocycles. The normalized spacial score (nSPS) is 11.4. The Bertz CT molecular complexity index is 1190. The average Bonchev–Trinajstić information content (AvgIpc) is 3.19. The molecule has 4 heteroatoms. The lowest BCUT2D eigenvalue weighted by Gasteiger charge is -2.01. The second-order valence-corrected chi connectivity index (χ2v) is 6.64. The lowest BCUT2D eigenvalue weighted by Crippen LogP contribution is -1.83. The highest BCUT2D eigenvalue weighted by Gasteiger charge is 2.18. The Morgan fingerprint density at radius 2 is 1.44 bits per heavy atom. The Morgan fingerprint density at radius 1 is 0.760 bits per heavy atom. The third kappa shape index (κ3) is 2.29. The van der Waals surface area contributed by atoms with Crippen LogP contribution in [0.25, 0.3) is 39.3 Å². The van der Waals surface area contributed by atoms with Crippen LogP contribution < -0.4 is 0 Å². The maximum atomic E-state index is 6.02. The number of oxazole rings is 1. The van der Waals surface area contributed by atoms with Gasteiger partial charge >= 0.3 is 5.84 Å². The summed E-state index contributed by atoms with van der Waals surface area (Å²) in [4.78, 5) is 4.67. The molecule has 0 atom stereocenters. The molecular formula is C21H13BrN2O. The van der Waals surface area contributed by atoms with Crippen LogP contribution in [0.3, 0.4) is 0 Å². The molecule has 25 heavy (non-hydrogen) atoms. The predicted octanol–water partition coefficient (Wildman–Crippen LogP) is 6.18. The Kier molecular flexibility index (Phi) is 3.25. The minimum Gasteiger partial charge on any atom is -0.423 e. The van der Waals surface area contributed by atoms with E-state index in [0.29, 0.717) is 5.84 Å². The van der Waals surface area contributed by atoms with E-state index in [0.717, 1.165) is 32.5 Å². The average molecular weight is 389 g/mol. The minimum atomic E-state index is 0.589. The molecule has 0 aliphatic heterocycles. The van der Waals surface area contributed by atoms with Crippen LogP contribution in [0.2, 0.25) is 0 Å². The smallest absolute Gasteiger partial charge is 0.308 e. The molecule has 2 heterocycles. The van der Waals surface area contributed by atoms with Crippen LogP contribution in [0.15, 0.2) is 87.9 Å². The highest BCUT2D eigenvalue weighted by Crippen LogP contribution is 2.34. The zero-order valence-corrected chi connectivity index (χ0v) is 14.8. The number of aromatic nitrogens is 2. The predicted molar refractivity (Wildman–Crippen MR) is 104 cm³/mol. The summed E-state index contributed by atoms with van der Waals surface area (Å²) in [7, 11) is 0. The molecule has 0 saturated heterocycles. The number of fused-ring (bicyclic) bond motifs is 3. The largest absolute Gasteiger partial charge is 0.423 e. The summed E-state index contributed by atoms with van der Waals surface area (Å²) in [5, 5.41) is 0. The third-order valence-corrected chi connectivity index (χ3v) is 5.08. The van der Waals surface area contributed by atoms with Crippen molar-refractivity contribution in [3.8, 4) is 22.4 Å². The summed E-state index contributed by atoms with van der Waals surface area (Å²) in [5.41, 5.74) is 6.06. The summed E-state index contributed by atoms with van der Waals surface area (Å²) in [6.07, 6.45) is 0. The number of halogens is 1. The van der Waals surface area contributed by atoms with E-state index in [1.54, 1.807) is 0 Å². The van der Waals surface area contributed by atoms with Gasteiger partial charge in [0.2, 0.25) is 0 Å². The number of imidazole rings is 1. The Morgan fingerprint density at radius 3 is 2.16 bits per heavy atom. The van der Waals surface area contributed by atoms with Crippen molar-refractivity contribution in [2.75, 3.05) is 0 Å². The van der Waals surface area contributed by atoms with E-state index >= 15 is 0 Å². The molecule has 0 N–H and O–H groups in total. The van der Waals surface area contributed by atoms with E-state index in [2.05, 4.69) is 51.2 Å². The lowest BCUT2D eigenvalue weighted by atomic mass is 10.1. The van der Waals surface area contributed by atoms with E-state index < -0.39 is 0 Å². The molecule has 0 aliphatic rings.